The lowest BCUT2D eigenvalue weighted by molar-refractivity contribution is -0.137. The summed E-state index contributed by atoms with van der Waals surface area (Å²) in [5, 5.41) is 0. The lowest BCUT2D eigenvalue weighted by Gasteiger charge is -2.21. The number of fused-ring (bicyclic) bond motifs is 1. The molecular formula is C32H27BrF3N3O2. The molecule has 1 fully saturated rings. The fraction of sp³-hybridized carbons (Fsp3) is 0.281. The third-order valence-electron chi connectivity index (χ3n) is 8.03. The minimum atomic E-state index is -4.43. The molecule has 4 aromatic rings. The van der Waals surface area contributed by atoms with Gasteiger partial charge in [0.2, 0.25) is 5.91 Å². The second kappa shape index (κ2) is 10.6. The van der Waals surface area contributed by atoms with Gasteiger partial charge >= 0.3 is 6.18 Å². The van der Waals surface area contributed by atoms with Crippen molar-refractivity contribution in [2.24, 2.45) is 0 Å². The van der Waals surface area contributed by atoms with Crippen LogP contribution in [0.5, 0.6) is 0 Å². The summed E-state index contributed by atoms with van der Waals surface area (Å²) in [5.41, 5.74) is 2.90. The van der Waals surface area contributed by atoms with E-state index in [1.165, 1.54) is 6.07 Å². The molecule has 1 aliphatic carbocycles. The van der Waals surface area contributed by atoms with Crippen molar-refractivity contribution >= 4 is 21.8 Å². The Morgan fingerprint density at radius 3 is 2.46 bits per heavy atom. The highest BCUT2D eigenvalue weighted by Gasteiger charge is 2.48. The van der Waals surface area contributed by atoms with Crippen molar-refractivity contribution in [1.29, 1.82) is 0 Å². The van der Waals surface area contributed by atoms with Gasteiger partial charge in [-0.25, -0.2) is 4.98 Å². The number of carbonyl (C=O) groups excluding carboxylic acids is 1. The van der Waals surface area contributed by atoms with Crippen LogP contribution in [0.1, 0.15) is 53.0 Å². The molecule has 1 amide bonds. The van der Waals surface area contributed by atoms with Gasteiger partial charge in [0.05, 0.1) is 35.2 Å². The average molecular weight is 622 g/mol. The van der Waals surface area contributed by atoms with Gasteiger partial charge in [-0.1, -0.05) is 64.5 Å². The number of aromatic amines is 1. The SMILES string of the molecule is O=C(Cc1cccc(-c2cccc(C(F)(F)F)c2)c1)N1CCCc2nc(C3(c4cccc(Br)c4)CC3)[nH]c(=O)c2C1. The third-order valence-corrected chi connectivity index (χ3v) is 8.52. The van der Waals surface area contributed by atoms with Crippen LogP contribution in [0.2, 0.25) is 0 Å². The van der Waals surface area contributed by atoms with E-state index in [9.17, 15) is 22.8 Å². The Bertz CT molecular complexity index is 1690. The molecule has 6 rings (SSSR count). The molecule has 1 N–H and O–H groups in total. The number of aromatic nitrogens is 2. The summed E-state index contributed by atoms with van der Waals surface area (Å²) < 4.78 is 40.6. The van der Waals surface area contributed by atoms with Crippen molar-refractivity contribution in [3.05, 3.63) is 121 Å². The number of alkyl halides is 3. The Morgan fingerprint density at radius 1 is 1.00 bits per heavy atom. The quantitative estimate of drug-likeness (QED) is 0.266. The number of hydrogen-bond donors (Lipinski definition) is 1. The summed E-state index contributed by atoms with van der Waals surface area (Å²) >= 11 is 3.54. The van der Waals surface area contributed by atoms with Gasteiger partial charge in [-0.3, -0.25) is 9.59 Å². The van der Waals surface area contributed by atoms with Gasteiger partial charge < -0.3 is 9.88 Å². The van der Waals surface area contributed by atoms with Crippen LogP contribution in [0.25, 0.3) is 11.1 Å². The first-order chi connectivity index (χ1) is 19.6. The smallest absolute Gasteiger partial charge is 0.338 e. The largest absolute Gasteiger partial charge is 0.416 e. The second-order valence-electron chi connectivity index (χ2n) is 10.8. The number of carbonyl (C=O) groups is 1. The fourth-order valence-electron chi connectivity index (χ4n) is 5.66. The summed E-state index contributed by atoms with van der Waals surface area (Å²) in [4.78, 5) is 36.3. The molecule has 2 aliphatic rings. The fourth-order valence-corrected chi connectivity index (χ4v) is 6.06. The Balaban J connectivity index is 1.21. The molecule has 0 radical (unpaired) electrons. The van der Waals surface area contributed by atoms with Crippen LogP contribution >= 0.6 is 15.9 Å². The number of halogens is 4. The lowest BCUT2D eigenvalue weighted by atomic mass is 9.94. The highest BCUT2D eigenvalue weighted by molar-refractivity contribution is 9.10. The van der Waals surface area contributed by atoms with Crippen LogP contribution in [-0.4, -0.2) is 27.3 Å². The Kier molecular flexibility index (Phi) is 7.09. The van der Waals surface area contributed by atoms with Crippen molar-refractivity contribution in [2.45, 2.75) is 50.2 Å². The highest BCUT2D eigenvalue weighted by Crippen LogP contribution is 2.52. The minimum Gasteiger partial charge on any atom is -0.338 e. The zero-order valence-corrected chi connectivity index (χ0v) is 23.7. The molecule has 0 spiro atoms. The number of rotatable bonds is 5. The maximum Gasteiger partial charge on any atom is 0.416 e. The lowest BCUT2D eigenvalue weighted by Crippen LogP contribution is -2.34. The molecular weight excluding hydrogens is 595 g/mol. The number of aryl methyl sites for hydroxylation is 1. The van der Waals surface area contributed by atoms with Gasteiger partial charge in [-0.2, -0.15) is 13.2 Å². The monoisotopic (exact) mass is 621 g/mol. The van der Waals surface area contributed by atoms with Crippen LogP contribution in [0.15, 0.2) is 82.1 Å². The zero-order chi connectivity index (χ0) is 28.8. The Labute approximate surface area is 243 Å². The molecule has 0 bridgehead atoms. The molecule has 9 heteroatoms. The van der Waals surface area contributed by atoms with Crippen LogP contribution < -0.4 is 5.56 Å². The molecule has 0 atom stereocenters. The Morgan fingerprint density at radius 2 is 1.73 bits per heavy atom. The predicted octanol–water partition coefficient (Wildman–Crippen LogP) is 6.82. The predicted molar refractivity (Wildman–Crippen MR) is 153 cm³/mol. The van der Waals surface area contributed by atoms with E-state index >= 15 is 0 Å². The van der Waals surface area contributed by atoms with Gasteiger partial charge in [0.25, 0.3) is 5.56 Å². The number of H-pyrrole nitrogens is 1. The molecule has 0 unspecified atom stereocenters. The topological polar surface area (TPSA) is 66.1 Å². The summed E-state index contributed by atoms with van der Waals surface area (Å²) in [7, 11) is 0. The van der Waals surface area contributed by atoms with E-state index in [-0.39, 0.29) is 29.8 Å². The van der Waals surface area contributed by atoms with Crippen LogP contribution in [-0.2, 0) is 35.8 Å². The second-order valence-corrected chi connectivity index (χ2v) is 11.7. The van der Waals surface area contributed by atoms with Gasteiger partial charge in [-0.05, 0) is 72.2 Å². The molecule has 210 valence electrons. The maximum atomic E-state index is 13.4. The standard InChI is InChI=1S/C32H27BrF3N3O2/c33-25-10-3-8-23(18-25)31(12-13-31)30-37-27-11-4-14-39(19-26(27)29(41)38-30)28(40)16-20-5-1-6-21(15-20)22-7-2-9-24(17-22)32(34,35)36/h1-3,5-10,15,17-18H,4,11-14,16,19H2,(H,37,38,41). The molecule has 3 aromatic carbocycles. The van der Waals surface area contributed by atoms with Crippen molar-refractivity contribution in [3.63, 3.8) is 0 Å². The third kappa shape index (κ3) is 5.60. The van der Waals surface area contributed by atoms with Gasteiger partial charge in [0.1, 0.15) is 5.82 Å². The molecule has 1 aliphatic heterocycles. The van der Waals surface area contributed by atoms with E-state index < -0.39 is 11.7 Å². The molecule has 41 heavy (non-hydrogen) atoms. The first kappa shape index (κ1) is 27.4. The summed E-state index contributed by atoms with van der Waals surface area (Å²) in [5.74, 6) is 0.542. The summed E-state index contributed by atoms with van der Waals surface area (Å²) in [6.45, 7) is 0.669. The van der Waals surface area contributed by atoms with Crippen LogP contribution in [0, 0.1) is 0 Å². The van der Waals surface area contributed by atoms with Gasteiger partial charge in [-0.15, -0.1) is 0 Å². The molecule has 5 nitrogen and oxygen atoms in total. The van der Waals surface area contributed by atoms with E-state index in [0.29, 0.717) is 47.5 Å². The number of amides is 1. The van der Waals surface area contributed by atoms with Crippen LogP contribution in [0.4, 0.5) is 13.2 Å². The maximum absolute atomic E-state index is 13.4. The van der Waals surface area contributed by atoms with Crippen molar-refractivity contribution in [3.8, 4) is 11.1 Å². The highest BCUT2D eigenvalue weighted by atomic mass is 79.9. The molecule has 1 aromatic heterocycles. The summed E-state index contributed by atoms with van der Waals surface area (Å²) in [6.07, 6.45) is -1.24. The zero-order valence-electron chi connectivity index (χ0n) is 22.1. The van der Waals surface area contributed by atoms with Crippen molar-refractivity contribution < 1.29 is 18.0 Å². The van der Waals surface area contributed by atoms with Gasteiger partial charge in [0, 0.05) is 11.0 Å². The van der Waals surface area contributed by atoms with E-state index in [0.717, 1.165) is 40.7 Å². The minimum absolute atomic E-state index is 0.0809. The first-order valence-electron chi connectivity index (χ1n) is 13.6. The normalized spacial score (nSPS) is 16.1. The average Bonchev–Trinajstić information content (AvgIpc) is 3.77. The number of benzene rings is 3. The number of nitrogens with zero attached hydrogens (tertiary/aromatic N) is 2. The first-order valence-corrected chi connectivity index (χ1v) is 14.3. The van der Waals surface area contributed by atoms with Crippen molar-refractivity contribution in [1.82, 2.24) is 14.9 Å². The van der Waals surface area contributed by atoms with E-state index in [1.807, 2.05) is 12.1 Å². The van der Waals surface area contributed by atoms with Crippen molar-refractivity contribution in [2.75, 3.05) is 6.54 Å². The Hall–Kier alpha value is -3.72. The number of nitrogens with one attached hydrogen (secondary N) is 1. The molecule has 1 saturated carbocycles. The number of hydrogen-bond acceptors (Lipinski definition) is 3. The van der Waals surface area contributed by atoms with Crippen LogP contribution in [0.3, 0.4) is 0 Å². The van der Waals surface area contributed by atoms with Gasteiger partial charge in [0.15, 0.2) is 0 Å². The summed E-state index contributed by atoms with van der Waals surface area (Å²) in [6, 6.07) is 20.3. The van der Waals surface area contributed by atoms with E-state index in [2.05, 4.69) is 33.0 Å². The molecule has 2 heterocycles. The van der Waals surface area contributed by atoms with E-state index in [1.54, 1.807) is 35.2 Å². The van der Waals surface area contributed by atoms with E-state index in [4.69, 9.17) is 4.98 Å². The molecule has 0 saturated heterocycles.